The number of hydrogen-bond donors (Lipinski definition) is 2. The minimum atomic E-state index is -1.12. The first kappa shape index (κ1) is 17.1. The molecule has 0 spiro atoms. The van der Waals surface area contributed by atoms with Gasteiger partial charge in [-0.05, 0) is 29.3 Å². The number of hydrogen-bond acceptors (Lipinski definition) is 2. The van der Waals surface area contributed by atoms with Crippen molar-refractivity contribution in [2.45, 2.75) is 18.9 Å². The molecule has 4 nitrogen and oxygen atoms in total. The molecule has 2 N–H and O–H groups in total. The molecule has 6 heteroatoms. The highest BCUT2D eigenvalue weighted by atomic mass is 79.9. The first-order valence-corrected chi connectivity index (χ1v) is 7.75. The van der Waals surface area contributed by atoms with E-state index < -0.39 is 23.7 Å². The zero-order valence-electron chi connectivity index (χ0n) is 12.1. The topological polar surface area (TPSA) is 66.4 Å². The van der Waals surface area contributed by atoms with Crippen molar-refractivity contribution < 1.29 is 19.1 Å². The van der Waals surface area contributed by atoms with Gasteiger partial charge in [0.25, 0.3) is 0 Å². The number of carboxylic acid groups (broad SMARTS) is 1. The smallest absolute Gasteiger partial charge is 0.326 e. The van der Waals surface area contributed by atoms with E-state index in [9.17, 15) is 19.1 Å². The number of benzene rings is 2. The summed E-state index contributed by atoms with van der Waals surface area (Å²) in [6.07, 6.45) is 0.0865. The molecule has 2 aromatic rings. The molecule has 23 heavy (non-hydrogen) atoms. The van der Waals surface area contributed by atoms with Gasteiger partial charge in [-0.15, -0.1) is 0 Å². The Morgan fingerprint density at radius 3 is 2.57 bits per heavy atom. The Morgan fingerprint density at radius 1 is 1.17 bits per heavy atom. The van der Waals surface area contributed by atoms with Crippen LogP contribution in [-0.4, -0.2) is 23.0 Å². The summed E-state index contributed by atoms with van der Waals surface area (Å²) in [5, 5.41) is 11.8. The lowest BCUT2D eigenvalue weighted by Crippen LogP contribution is -2.43. The van der Waals surface area contributed by atoms with Gasteiger partial charge < -0.3 is 10.4 Å². The Morgan fingerprint density at radius 2 is 1.91 bits per heavy atom. The third-order valence-electron chi connectivity index (χ3n) is 3.27. The van der Waals surface area contributed by atoms with Crippen LogP contribution < -0.4 is 5.32 Å². The molecule has 120 valence electrons. The maximum absolute atomic E-state index is 13.1. The van der Waals surface area contributed by atoms with Gasteiger partial charge in [0.2, 0.25) is 5.91 Å². The van der Waals surface area contributed by atoms with E-state index in [1.165, 1.54) is 18.2 Å². The van der Waals surface area contributed by atoms with Crippen molar-refractivity contribution in [1.82, 2.24) is 5.32 Å². The molecule has 0 aliphatic heterocycles. The predicted octanol–water partition coefficient (Wildman–Crippen LogP) is 2.94. The first-order chi connectivity index (χ1) is 11.0. The highest BCUT2D eigenvalue weighted by Crippen LogP contribution is 2.17. The highest BCUT2D eigenvalue weighted by molar-refractivity contribution is 9.10. The van der Waals surface area contributed by atoms with Crippen molar-refractivity contribution in [2.75, 3.05) is 0 Å². The van der Waals surface area contributed by atoms with Crippen molar-refractivity contribution in [2.24, 2.45) is 0 Å². The van der Waals surface area contributed by atoms with Crippen LogP contribution in [0.3, 0.4) is 0 Å². The molecule has 0 unspecified atom stereocenters. The fourth-order valence-corrected chi connectivity index (χ4v) is 2.61. The first-order valence-electron chi connectivity index (χ1n) is 6.95. The molecule has 0 radical (unpaired) electrons. The average Bonchev–Trinajstić information content (AvgIpc) is 2.48. The molecule has 1 amide bonds. The quantitative estimate of drug-likeness (QED) is 0.810. The summed E-state index contributed by atoms with van der Waals surface area (Å²) in [6.45, 7) is 0. The largest absolute Gasteiger partial charge is 0.480 e. The molecule has 0 bridgehead atoms. The van der Waals surface area contributed by atoms with Crippen molar-refractivity contribution in [1.29, 1.82) is 0 Å². The Balaban J connectivity index is 2.03. The average molecular weight is 380 g/mol. The van der Waals surface area contributed by atoms with Gasteiger partial charge in [0, 0.05) is 10.9 Å². The van der Waals surface area contributed by atoms with Gasteiger partial charge in [-0.3, -0.25) is 4.79 Å². The van der Waals surface area contributed by atoms with E-state index in [2.05, 4.69) is 21.2 Å². The van der Waals surface area contributed by atoms with Crippen LogP contribution in [-0.2, 0) is 22.4 Å². The van der Waals surface area contributed by atoms with E-state index in [0.29, 0.717) is 5.56 Å². The van der Waals surface area contributed by atoms with E-state index in [1.54, 1.807) is 18.2 Å². The van der Waals surface area contributed by atoms with Gasteiger partial charge in [-0.1, -0.05) is 46.3 Å². The molecule has 2 aromatic carbocycles. The van der Waals surface area contributed by atoms with E-state index in [1.807, 2.05) is 12.1 Å². The molecular formula is C17H15BrFNO3. The lowest BCUT2D eigenvalue weighted by atomic mass is 10.1. The Labute approximate surface area is 141 Å². The van der Waals surface area contributed by atoms with E-state index >= 15 is 0 Å². The monoisotopic (exact) mass is 379 g/mol. The van der Waals surface area contributed by atoms with Gasteiger partial charge in [0.1, 0.15) is 11.9 Å². The van der Waals surface area contributed by atoms with Crippen LogP contribution in [0.15, 0.2) is 53.0 Å². The third-order valence-corrected chi connectivity index (χ3v) is 4.04. The number of nitrogens with one attached hydrogen (secondary N) is 1. The summed E-state index contributed by atoms with van der Waals surface area (Å²) in [5.41, 5.74) is 1.28. The summed E-state index contributed by atoms with van der Waals surface area (Å²) >= 11 is 3.35. The minimum absolute atomic E-state index is 0.0719. The molecule has 2 rings (SSSR count). The molecule has 0 saturated carbocycles. The van der Waals surface area contributed by atoms with Gasteiger partial charge in [-0.2, -0.15) is 0 Å². The lowest BCUT2D eigenvalue weighted by molar-refractivity contribution is -0.141. The maximum atomic E-state index is 13.1. The van der Waals surface area contributed by atoms with Crippen LogP contribution in [0.5, 0.6) is 0 Å². The zero-order chi connectivity index (χ0) is 16.8. The summed E-state index contributed by atoms with van der Waals surface area (Å²) < 4.78 is 13.9. The SMILES string of the molecule is O=C(Cc1cccc(F)c1)N[C@H](Cc1ccccc1Br)C(=O)O. The van der Waals surface area contributed by atoms with Crippen molar-refractivity contribution in [3.05, 3.63) is 69.9 Å². The number of carboxylic acids is 1. The van der Waals surface area contributed by atoms with Crippen LogP contribution >= 0.6 is 15.9 Å². The molecule has 0 saturated heterocycles. The second-order valence-corrected chi connectivity index (χ2v) is 5.91. The lowest BCUT2D eigenvalue weighted by Gasteiger charge is -2.15. The fourth-order valence-electron chi connectivity index (χ4n) is 2.16. The summed E-state index contributed by atoms with van der Waals surface area (Å²) in [6, 6.07) is 11.8. The molecule has 0 aliphatic rings. The molecular weight excluding hydrogens is 365 g/mol. The minimum Gasteiger partial charge on any atom is -0.480 e. The molecule has 0 fully saturated rings. The van der Waals surface area contributed by atoms with Crippen LogP contribution in [0.4, 0.5) is 4.39 Å². The van der Waals surface area contributed by atoms with Crippen LogP contribution in [0.1, 0.15) is 11.1 Å². The number of carbonyl (C=O) groups excluding carboxylic acids is 1. The normalized spacial score (nSPS) is 11.7. The van der Waals surface area contributed by atoms with E-state index in [-0.39, 0.29) is 12.8 Å². The van der Waals surface area contributed by atoms with Crippen molar-refractivity contribution in [3.8, 4) is 0 Å². The van der Waals surface area contributed by atoms with Gasteiger partial charge in [0.05, 0.1) is 6.42 Å². The summed E-state index contributed by atoms with van der Waals surface area (Å²) in [5.74, 6) is -2.01. The Hall–Kier alpha value is -2.21. The molecule has 0 aliphatic carbocycles. The third kappa shape index (κ3) is 5.17. The second kappa shape index (κ2) is 7.87. The van der Waals surface area contributed by atoms with Crippen LogP contribution in [0.2, 0.25) is 0 Å². The van der Waals surface area contributed by atoms with Crippen molar-refractivity contribution in [3.63, 3.8) is 0 Å². The predicted molar refractivity (Wildman–Crippen MR) is 87.5 cm³/mol. The highest BCUT2D eigenvalue weighted by Gasteiger charge is 2.21. The van der Waals surface area contributed by atoms with Crippen LogP contribution in [0.25, 0.3) is 0 Å². The van der Waals surface area contributed by atoms with Gasteiger partial charge in [-0.25, -0.2) is 9.18 Å². The zero-order valence-corrected chi connectivity index (χ0v) is 13.7. The van der Waals surface area contributed by atoms with Crippen molar-refractivity contribution >= 4 is 27.8 Å². The number of carbonyl (C=O) groups is 2. The summed E-state index contributed by atoms with van der Waals surface area (Å²) in [4.78, 5) is 23.4. The number of rotatable bonds is 6. The Bertz CT molecular complexity index is 720. The molecule has 0 aromatic heterocycles. The number of aliphatic carboxylic acids is 1. The van der Waals surface area contributed by atoms with E-state index in [4.69, 9.17) is 0 Å². The molecule has 0 heterocycles. The second-order valence-electron chi connectivity index (χ2n) is 5.06. The van der Waals surface area contributed by atoms with E-state index in [0.717, 1.165) is 10.0 Å². The summed E-state index contributed by atoms with van der Waals surface area (Å²) in [7, 11) is 0. The number of halogens is 2. The standard InChI is InChI=1S/C17H15BrFNO3/c18-14-7-2-1-5-12(14)10-15(17(22)23)20-16(21)9-11-4-3-6-13(19)8-11/h1-8,15H,9-10H2,(H,20,21)(H,22,23)/t15-/m1/s1. The fraction of sp³-hybridized carbons (Fsp3) is 0.176. The van der Waals surface area contributed by atoms with Crippen LogP contribution in [0, 0.1) is 5.82 Å². The molecule has 1 atom stereocenters. The Kier molecular flexibility index (Phi) is 5.87. The van der Waals surface area contributed by atoms with Gasteiger partial charge in [0.15, 0.2) is 0 Å². The number of amides is 1. The van der Waals surface area contributed by atoms with Gasteiger partial charge >= 0.3 is 5.97 Å². The maximum Gasteiger partial charge on any atom is 0.326 e.